The van der Waals surface area contributed by atoms with Crippen LogP contribution in [0.4, 0.5) is 0 Å². The highest BCUT2D eigenvalue weighted by Gasteiger charge is 2.12. The number of hydrogen-bond acceptors (Lipinski definition) is 3. The van der Waals surface area contributed by atoms with Gasteiger partial charge in [0.2, 0.25) is 0 Å². The van der Waals surface area contributed by atoms with Crippen molar-refractivity contribution in [1.29, 1.82) is 0 Å². The first kappa shape index (κ1) is 15.4. The van der Waals surface area contributed by atoms with Crippen molar-refractivity contribution < 1.29 is 9.52 Å². The first-order chi connectivity index (χ1) is 9.76. The van der Waals surface area contributed by atoms with Gasteiger partial charge in [-0.2, -0.15) is 0 Å². The molecule has 0 aliphatic carbocycles. The summed E-state index contributed by atoms with van der Waals surface area (Å²) in [5.74, 6) is 0.516. The fourth-order valence-corrected chi connectivity index (χ4v) is 2.83. The molecule has 0 saturated heterocycles. The maximum atomic E-state index is 9.07. The summed E-state index contributed by atoms with van der Waals surface area (Å²) >= 11 is 6.16. The van der Waals surface area contributed by atoms with Gasteiger partial charge in [-0.3, -0.25) is 0 Å². The maximum absolute atomic E-state index is 9.07. The van der Waals surface area contributed by atoms with E-state index < -0.39 is 0 Å². The molecule has 3 nitrogen and oxygen atoms in total. The van der Waals surface area contributed by atoms with Crippen molar-refractivity contribution in [3.63, 3.8) is 0 Å². The molecule has 1 aromatic carbocycles. The third kappa shape index (κ3) is 3.75. The van der Waals surface area contributed by atoms with Crippen LogP contribution in [0.1, 0.15) is 31.7 Å². The zero-order valence-corrected chi connectivity index (χ0v) is 12.6. The minimum atomic E-state index is 0.252. The van der Waals surface area contributed by atoms with Crippen LogP contribution >= 0.6 is 11.6 Å². The second-order valence-electron chi connectivity index (χ2n) is 5.15. The lowest BCUT2D eigenvalue weighted by atomic mass is 10.0. The van der Waals surface area contributed by atoms with Crippen LogP contribution in [0.3, 0.4) is 0 Å². The van der Waals surface area contributed by atoms with Crippen LogP contribution in [0.25, 0.3) is 11.0 Å². The maximum Gasteiger partial charge on any atom is 0.199 e. The fourth-order valence-electron chi connectivity index (χ4n) is 2.57. The van der Waals surface area contributed by atoms with E-state index in [-0.39, 0.29) is 6.61 Å². The smallest absolute Gasteiger partial charge is 0.199 e. The van der Waals surface area contributed by atoms with E-state index in [0.29, 0.717) is 17.7 Å². The van der Waals surface area contributed by atoms with Gasteiger partial charge in [-0.15, -0.1) is 0 Å². The molecular weight excluding hydrogens is 274 g/mol. The van der Waals surface area contributed by atoms with Crippen LogP contribution in [0.5, 0.6) is 0 Å². The van der Waals surface area contributed by atoms with E-state index in [9.17, 15) is 0 Å². The Morgan fingerprint density at radius 2 is 2.10 bits per heavy atom. The summed E-state index contributed by atoms with van der Waals surface area (Å²) < 4.78 is 5.54. The lowest BCUT2D eigenvalue weighted by Crippen LogP contribution is -2.23. The molecule has 0 amide bonds. The van der Waals surface area contributed by atoms with Gasteiger partial charge in [0, 0.05) is 24.1 Å². The molecule has 0 spiro atoms. The molecule has 0 radical (unpaired) electrons. The molecule has 0 bridgehead atoms. The summed E-state index contributed by atoms with van der Waals surface area (Å²) in [7, 11) is 0. The Morgan fingerprint density at radius 3 is 2.85 bits per heavy atom. The Kier molecular flexibility index (Phi) is 5.89. The predicted molar refractivity (Wildman–Crippen MR) is 83.0 cm³/mol. The monoisotopic (exact) mass is 295 g/mol. The molecule has 1 heterocycles. The van der Waals surface area contributed by atoms with E-state index in [2.05, 4.69) is 12.2 Å². The van der Waals surface area contributed by atoms with Crippen molar-refractivity contribution >= 4 is 22.6 Å². The van der Waals surface area contributed by atoms with Crippen molar-refractivity contribution in [3.8, 4) is 0 Å². The fraction of sp³-hybridized carbons (Fsp3) is 0.500. The third-order valence-corrected chi connectivity index (χ3v) is 3.92. The number of aliphatic hydroxyl groups excluding tert-OH is 1. The standard InChI is InChI=1S/C16H22ClNO2/c1-2-5-12(8-9-19)10-18-11-14-13-6-3-4-7-15(13)20-16(14)17/h3-4,6-7,12,18-19H,2,5,8-11H2,1H3. The summed E-state index contributed by atoms with van der Waals surface area (Å²) in [6.45, 7) is 4.01. The van der Waals surface area contributed by atoms with E-state index in [1.54, 1.807) is 0 Å². The van der Waals surface area contributed by atoms with Gasteiger partial charge >= 0.3 is 0 Å². The highest BCUT2D eigenvalue weighted by Crippen LogP contribution is 2.29. The lowest BCUT2D eigenvalue weighted by molar-refractivity contribution is 0.248. The van der Waals surface area contributed by atoms with E-state index in [1.165, 1.54) is 0 Å². The molecule has 0 aliphatic rings. The second-order valence-corrected chi connectivity index (χ2v) is 5.49. The van der Waals surface area contributed by atoms with Gasteiger partial charge in [0.1, 0.15) is 5.58 Å². The Bertz CT molecular complexity index is 532. The highest BCUT2D eigenvalue weighted by atomic mass is 35.5. The largest absolute Gasteiger partial charge is 0.444 e. The number of furan rings is 1. The number of rotatable bonds is 8. The van der Waals surface area contributed by atoms with Gasteiger partial charge in [-0.25, -0.2) is 0 Å². The molecule has 0 fully saturated rings. The molecule has 110 valence electrons. The van der Waals surface area contributed by atoms with Gasteiger partial charge in [0.25, 0.3) is 0 Å². The summed E-state index contributed by atoms with van der Waals surface area (Å²) in [5, 5.41) is 14.0. The van der Waals surface area contributed by atoms with Crippen LogP contribution in [0.15, 0.2) is 28.7 Å². The predicted octanol–water partition coefficient (Wildman–Crippen LogP) is 3.97. The summed E-state index contributed by atoms with van der Waals surface area (Å²) in [5.41, 5.74) is 1.84. The normalized spacial score (nSPS) is 12.9. The van der Waals surface area contributed by atoms with Gasteiger partial charge in [-0.05, 0) is 43.0 Å². The second kappa shape index (κ2) is 7.67. The van der Waals surface area contributed by atoms with Crippen molar-refractivity contribution in [1.82, 2.24) is 5.32 Å². The van der Waals surface area contributed by atoms with Gasteiger partial charge in [0.15, 0.2) is 5.22 Å². The molecule has 2 N–H and O–H groups in total. The number of benzene rings is 1. The number of para-hydroxylation sites is 1. The van der Waals surface area contributed by atoms with Crippen molar-refractivity contribution in [2.24, 2.45) is 5.92 Å². The molecule has 0 aliphatic heterocycles. The molecule has 1 atom stereocenters. The van der Waals surface area contributed by atoms with Crippen molar-refractivity contribution in [3.05, 3.63) is 35.0 Å². The van der Waals surface area contributed by atoms with E-state index >= 15 is 0 Å². The van der Waals surface area contributed by atoms with Crippen LogP contribution in [-0.4, -0.2) is 18.3 Å². The van der Waals surface area contributed by atoms with Crippen LogP contribution in [0, 0.1) is 5.92 Å². The molecule has 1 unspecified atom stereocenters. The SMILES string of the molecule is CCCC(CCO)CNCc1c(Cl)oc2ccccc12. The lowest BCUT2D eigenvalue weighted by Gasteiger charge is -2.15. The number of hydrogen-bond donors (Lipinski definition) is 2. The Balaban J connectivity index is 1.97. The topological polar surface area (TPSA) is 45.4 Å². The Hall–Kier alpha value is -1.03. The zero-order valence-electron chi connectivity index (χ0n) is 11.9. The minimum absolute atomic E-state index is 0.252. The highest BCUT2D eigenvalue weighted by molar-refractivity contribution is 6.30. The Labute approximate surface area is 124 Å². The summed E-state index contributed by atoms with van der Waals surface area (Å²) in [6.07, 6.45) is 3.12. The Morgan fingerprint density at radius 1 is 1.30 bits per heavy atom. The first-order valence-electron chi connectivity index (χ1n) is 7.23. The third-order valence-electron chi connectivity index (χ3n) is 3.62. The van der Waals surface area contributed by atoms with E-state index in [1.807, 2.05) is 24.3 Å². The molecule has 20 heavy (non-hydrogen) atoms. The van der Waals surface area contributed by atoms with E-state index in [4.69, 9.17) is 21.1 Å². The van der Waals surface area contributed by atoms with Crippen molar-refractivity contribution in [2.75, 3.05) is 13.2 Å². The molecule has 4 heteroatoms. The number of aliphatic hydroxyl groups is 1. The van der Waals surface area contributed by atoms with Crippen LogP contribution < -0.4 is 5.32 Å². The summed E-state index contributed by atoms with van der Waals surface area (Å²) in [6, 6.07) is 7.89. The number of fused-ring (bicyclic) bond motifs is 1. The first-order valence-corrected chi connectivity index (χ1v) is 7.61. The molecule has 2 aromatic rings. The average molecular weight is 296 g/mol. The molecule has 0 saturated carbocycles. The number of halogens is 1. The molecule has 1 aromatic heterocycles. The van der Waals surface area contributed by atoms with Gasteiger partial charge in [-0.1, -0.05) is 31.5 Å². The summed E-state index contributed by atoms with van der Waals surface area (Å²) in [4.78, 5) is 0. The molecule has 2 rings (SSSR count). The quantitative estimate of drug-likeness (QED) is 0.774. The van der Waals surface area contributed by atoms with Crippen LogP contribution in [0.2, 0.25) is 5.22 Å². The zero-order chi connectivity index (χ0) is 14.4. The average Bonchev–Trinajstić information content (AvgIpc) is 2.76. The number of nitrogens with one attached hydrogen (secondary N) is 1. The van der Waals surface area contributed by atoms with E-state index in [0.717, 1.165) is 42.3 Å². The van der Waals surface area contributed by atoms with Crippen molar-refractivity contribution in [2.45, 2.75) is 32.7 Å². The van der Waals surface area contributed by atoms with Gasteiger partial charge < -0.3 is 14.8 Å². The molecular formula is C16H22ClNO2. The van der Waals surface area contributed by atoms with Gasteiger partial charge in [0.05, 0.1) is 0 Å². The van der Waals surface area contributed by atoms with Crippen LogP contribution in [-0.2, 0) is 6.54 Å². The minimum Gasteiger partial charge on any atom is -0.444 e.